The molecule has 0 saturated carbocycles. The Balaban J connectivity index is 1.42. The van der Waals surface area contributed by atoms with Gasteiger partial charge in [-0.3, -0.25) is 9.59 Å². The molecule has 0 heterocycles. The van der Waals surface area contributed by atoms with Gasteiger partial charge in [-0.25, -0.2) is 8.42 Å². The molecular formula is C40H32N4O6S2. The number of rotatable bonds is 10. The third-order valence-corrected chi connectivity index (χ3v) is 10.5. The highest BCUT2D eigenvalue weighted by atomic mass is 32.2. The molecule has 2 atom stereocenters. The highest BCUT2D eigenvalue weighted by Gasteiger charge is 2.40. The predicted octanol–water partition coefficient (Wildman–Crippen LogP) is 7.93. The third-order valence-electron chi connectivity index (χ3n) is 8.42. The van der Waals surface area contributed by atoms with Gasteiger partial charge in [-0.1, -0.05) is 71.8 Å². The molecule has 0 saturated heterocycles. The van der Waals surface area contributed by atoms with Crippen LogP contribution in [0.4, 0.5) is 34.1 Å². The lowest BCUT2D eigenvalue weighted by Crippen LogP contribution is -2.27. The van der Waals surface area contributed by atoms with Crippen molar-refractivity contribution >= 4 is 67.9 Å². The summed E-state index contributed by atoms with van der Waals surface area (Å²) in [4.78, 5) is 30.0. The van der Waals surface area contributed by atoms with Gasteiger partial charge in [0.05, 0.1) is 49.9 Å². The van der Waals surface area contributed by atoms with Gasteiger partial charge in [-0.05, 0) is 68.4 Å². The number of hydrogen-bond donors (Lipinski definition) is 4. The summed E-state index contributed by atoms with van der Waals surface area (Å²) in [5, 5.41) is 6.44. The minimum atomic E-state index is -2.19. The minimum Gasteiger partial charge on any atom is -0.397 e. The second-order valence-electron chi connectivity index (χ2n) is 12.1. The number of nitrogen functional groups attached to an aromatic ring is 2. The van der Waals surface area contributed by atoms with Gasteiger partial charge in [-0.15, -0.1) is 0 Å². The van der Waals surface area contributed by atoms with Crippen LogP contribution in [0.1, 0.15) is 43.0 Å². The standard InChI is InChI=1S/C40H32N4O6S2/c1-23-13-17-25(18-14-23)43-29-21-31(50-51(47)28-11-7-4-8-12-28)37(41)35-33(29)40(46)36-34(39(35)45)30(44-26-19-15-24(2)16-20-26)22-32(38(36)42)52(48)49-27-9-5-3-6-10-27/h3-22,43-44H,41-42H2,1-2H3. The van der Waals surface area contributed by atoms with Gasteiger partial charge in [0.2, 0.25) is 22.2 Å². The van der Waals surface area contributed by atoms with Crippen molar-refractivity contribution in [2.75, 3.05) is 22.1 Å². The van der Waals surface area contributed by atoms with Crippen LogP contribution in [-0.2, 0) is 22.2 Å². The molecule has 1 aliphatic rings. The quantitative estimate of drug-likeness (QED) is 0.102. The number of hydrogen-bond acceptors (Lipinski definition) is 10. The molecule has 10 nitrogen and oxygen atoms in total. The van der Waals surface area contributed by atoms with E-state index in [0.29, 0.717) is 22.0 Å². The number of carbonyl (C=O) groups excluding carboxylic acids is 2. The van der Waals surface area contributed by atoms with E-state index in [1.807, 2.05) is 50.2 Å². The van der Waals surface area contributed by atoms with E-state index >= 15 is 0 Å². The van der Waals surface area contributed by atoms with Crippen molar-refractivity contribution in [2.24, 2.45) is 0 Å². The Labute approximate surface area is 305 Å². The van der Waals surface area contributed by atoms with Crippen LogP contribution in [0, 0.1) is 13.8 Å². The van der Waals surface area contributed by atoms with E-state index in [0.717, 1.165) is 11.1 Å². The molecule has 0 bridgehead atoms. The van der Waals surface area contributed by atoms with Crippen molar-refractivity contribution in [3.8, 4) is 11.5 Å². The molecule has 6 N–H and O–H groups in total. The molecule has 0 aromatic heterocycles. The van der Waals surface area contributed by atoms with E-state index in [4.69, 9.17) is 19.8 Å². The first kappa shape index (κ1) is 34.2. The fourth-order valence-electron chi connectivity index (χ4n) is 5.80. The Hall–Kier alpha value is -6.24. The van der Waals surface area contributed by atoms with Crippen LogP contribution >= 0.6 is 0 Å². The zero-order chi connectivity index (χ0) is 36.5. The lowest BCUT2D eigenvalue weighted by molar-refractivity contribution is 0.0981. The van der Waals surface area contributed by atoms with Crippen LogP contribution in [-0.4, -0.2) is 20.0 Å². The lowest BCUT2D eigenvalue weighted by Gasteiger charge is -2.27. The maximum Gasteiger partial charge on any atom is 0.242 e. The fraction of sp³-hybridized carbons (Fsp3) is 0.0500. The van der Waals surface area contributed by atoms with Crippen molar-refractivity contribution in [1.82, 2.24) is 0 Å². The predicted molar refractivity (Wildman–Crippen MR) is 204 cm³/mol. The molecule has 0 radical (unpaired) electrons. The van der Waals surface area contributed by atoms with Crippen LogP contribution in [0.15, 0.2) is 131 Å². The Morgan fingerprint density at radius 2 is 1.02 bits per heavy atom. The molecule has 2 unspecified atom stereocenters. The number of para-hydroxylation sites is 1. The van der Waals surface area contributed by atoms with E-state index in [9.17, 15) is 18.0 Å². The van der Waals surface area contributed by atoms with E-state index in [-0.39, 0.29) is 55.6 Å². The number of nitrogens with two attached hydrogens (primary N) is 2. The van der Waals surface area contributed by atoms with Gasteiger partial charge < -0.3 is 30.5 Å². The summed E-state index contributed by atoms with van der Waals surface area (Å²) in [6.07, 6.45) is 0. The second kappa shape index (κ2) is 14.2. The first-order chi connectivity index (χ1) is 25.1. The number of fused-ring (bicyclic) bond motifs is 2. The van der Waals surface area contributed by atoms with Crippen LogP contribution in [0.5, 0.6) is 11.5 Å². The van der Waals surface area contributed by atoms with Crippen molar-refractivity contribution in [3.63, 3.8) is 0 Å². The molecule has 6 aromatic carbocycles. The van der Waals surface area contributed by atoms with Gasteiger partial charge >= 0.3 is 0 Å². The first-order valence-electron chi connectivity index (χ1n) is 16.1. The van der Waals surface area contributed by atoms with Crippen LogP contribution in [0.3, 0.4) is 0 Å². The average molecular weight is 729 g/mol. The van der Waals surface area contributed by atoms with Crippen LogP contribution in [0.2, 0.25) is 0 Å². The molecule has 7 rings (SSSR count). The van der Waals surface area contributed by atoms with Gasteiger partial charge in [-0.2, -0.15) is 0 Å². The smallest absolute Gasteiger partial charge is 0.242 e. The molecule has 0 fully saturated rings. The number of nitrogens with one attached hydrogen (secondary N) is 2. The molecule has 12 heteroatoms. The van der Waals surface area contributed by atoms with Crippen LogP contribution in [0.25, 0.3) is 0 Å². The van der Waals surface area contributed by atoms with Gasteiger partial charge in [0, 0.05) is 17.4 Å². The summed E-state index contributed by atoms with van der Waals surface area (Å²) >= 11 is -4.21. The fourth-order valence-corrected chi connectivity index (χ4v) is 7.45. The summed E-state index contributed by atoms with van der Waals surface area (Å²) in [6, 6.07) is 34.6. The number of anilines is 6. The van der Waals surface area contributed by atoms with Crippen molar-refractivity contribution in [3.05, 3.63) is 155 Å². The monoisotopic (exact) mass is 728 g/mol. The minimum absolute atomic E-state index is 0.0129. The Kier molecular flexibility index (Phi) is 9.33. The van der Waals surface area contributed by atoms with E-state index < -0.39 is 33.7 Å². The maximum absolute atomic E-state index is 14.8. The molecule has 0 aliphatic heterocycles. The molecule has 6 aromatic rings. The average Bonchev–Trinajstić information content (AvgIpc) is 3.14. The van der Waals surface area contributed by atoms with Gasteiger partial charge in [0.15, 0.2) is 17.3 Å². The van der Waals surface area contributed by atoms with Crippen molar-refractivity contribution in [2.45, 2.75) is 23.6 Å². The summed E-state index contributed by atoms with van der Waals surface area (Å²) in [5.74, 6) is -1.05. The normalized spacial score (nSPS) is 13.0. The van der Waals surface area contributed by atoms with Gasteiger partial charge in [0.1, 0.15) is 10.6 Å². The molecular weight excluding hydrogens is 697 g/mol. The lowest BCUT2D eigenvalue weighted by atomic mass is 9.80. The highest BCUT2D eigenvalue weighted by molar-refractivity contribution is 7.81. The molecule has 260 valence electrons. The van der Waals surface area contributed by atoms with E-state index in [1.165, 1.54) is 12.1 Å². The van der Waals surface area contributed by atoms with Crippen LogP contribution < -0.4 is 30.5 Å². The number of carbonyl (C=O) groups is 2. The SMILES string of the molecule is Cc1ccc(Nc2cc(OS(=O)c3ccccc3)c(N)c3c2C(=O)c2c(N)c(S(=O)Oc4ccccc4)cc(Nc4ccc(C)cc4)c2C3=O)cc1. The largest absolute Gasteiger partial charge is 0.397 e. The first-order valence-corrected chi connectivity index (χ1v) is 18.2. The summed E-state index contributed by atoms with van der Waals surface area (Å²) < 4.78 is 38.7. The van der Waals surface area contributed by atoms with Gasteiger partial charge in [0.25, 0.3) is 0 Å². The Morgan fingerprint density at radius 3 is 1.56 bits per heavy atom. The summed E-state index contributed by atoms with van der Waals surface area (Å²) in [7, 11) is 0. The molecule has 52 heavy (non-hydrogen) atoms. The molecule has 1 aliphatic carbocycles. The topological polar surface area (TPSA) is 163 Å². The zero-order valence-corrected chi connectivity index (χ0v) is 29.6. The summed E-state index contributed by atoms with van der Waals surface area (Å²) in [6.45, 7) is 3.87. The highest BCUT2D eigenvalue weighted by Crippen LogP contribution is 2.46. The summed E-state index contributed by atoms with van der Waals surface area (Å²) in [5.41, 5.74) is 16.0. The van der Waals surface area contributed by atoms with Crippen molar-refractivity contribution < 1.29 is 26.4 Å². The Bertz CT molecular complexity index is 2400. The number of benzene rings is 6. The molecule has 0 amide bonds. The number of ketones is 2. The van der Waals surface area contributed by atoms with E-state index in [2.05, 4.69) is 10.6 Å². The Morgan fingerprint density at radius 1 is 0.538 bits per heavy atom. The second-order valence-corrected chi connectivity index (χ2v) is 14.3. The maximum atomic E-state index is 14.8. The number of aryl methyl sites for hydroxylation is 2. The zero-order valence-electron chi connectivity index (χ0n) is 28.0. The van der Waals surface area contributed by atoms with Crippen molar-refractivity contribution in [1.29, 1.82) is 0 Å². The molecule has 0 spiro atoms. The third kappa shape index (κ3) is 6.64. The van der Waals surface area contributed by atoms with E-state index in [1.54, 1.807) is 72.8 Å².